The number of benzene rings is 1. The van der Waals surface area contributed by atoms with Crippen LogP contribution in [-0.2, 0) is 0 Å². The first kappa shape index (κ1) is 8.39. The molecule has 1 aromatic rings. The van der Waals surface area contributed by atoms with Crippen LogP contribution in [0.25, 0.3) is 0 Å². The van der Waals surface area contributed by atoms with Crippen LogP contribution in [0.2, 0.25) is 0 Å². The average Bonchev–Trinajstić information content (AvgIpc) is 2.42. The Bertz CT molecular complexity index is 349. The Balaban J connectivity index is 2.17. The molecule has 2 aliphatic carbocycles. The summed E-state index contributed by atoms with van der Waals surface area (Å²) in [6.07, 6.45) is 4.61. The van der Waals surface area contributed by atoms with Crippen LogP contribution >= 0.6 is 0 Å². The molecule has 0 spiro atoms. The van der Waals surface area contributed by atoms with Crippen LogP contribution in [-0.4, -0.2) is 0 Å². The van der Waals surface area contributed by atoms with Crippen LogP contribution in [0.5, 0.6) is 0 Å². The molecule has 0 heterocycles. The van der Waals surface area contributed by atoms with E-state index in [0.29, 0.717) is 11.8 Å². The van der Waals surface area contributed by atoms with Crippen LogP contribution in [0.15, 0.2) is 12.1 Å². The fourth-order valence-corrected chi connectivity index (χ4v) is 3.04. The van der Waals surface area contributed by atoms with Crippen LogP contribution in [0.3, 0.4) is 0 Å². The van der Waals surface area contributed by atoms with Gasteiger partial charge in [0.15, 0.2) is 11.6 Å². The molecule has 0 nitrogen and oxygen atoms in total. The third-order valence-corrected chi connectivity index (χ3v) is 3.68. The number of fused-ring (bicyclic) bond motifs is 5. The third kappa shape index (κ3) is 1.03. The third-order valence-electron chi connectivity index (χ3n) is 3.68. The first-order chi connectivity index (χ1) is 6.75. The van der Waals surface area contributed by atoms with Gasteiger partial charge in [0.2, 0.25) is 0 Å². The van der Waals surface area contributed by atoms with Gasteiger partial charge in [-0.2, -0.15) is 0 Å². The van der Waals surface area contributed by atoms with Gasteiger partial charge in [-0.1, -0.05) is 6.42 Å². The zero-order valence-corrected chi connectivity index (χ0v) is 7.89. The quantitative estimate of drug-likeness (QED) is 0.590. The number of halogens is 2. The van der Waals surface area contributed by atoms with E-state index in [1.165, 1.54) is 18.6 Å². The summed E-state index contributed by atoms with van der Waals surface area (Å²) in [4.78, 5) is 0. The Morgan fingerprint density at radius 1 is 0.929 bits per heavy atom. The molecular formula is C12H12F2. The van der Waals surface area contributed by atoms with Gasteiger partial charge in [0, 0.05) is 0 Å². The largest absolute Gasteiger partial charge is 0.204 e. The first-order valence-corrected chi connectivity index (χ1v) is 5.24. The molecule has 74 valence electrons. The second kappa shape index (κ2) is 2.78. The summed E-state index contributed by atoms with van der Waals surface area (Å²) in [5.41, 5.74) is 2.15. The van der Waals surface area contributed by atoms with Gasteiger partial charge in [-0.3, -0.25) is 0 Å². The van der Waals surface area contributed by atoms with E-state index in [1.807, 2.05) is 0 Å². The normalized spacial score (nSPS) is 29.0. The molecule has 2 unspecified atom stereocenters. The maximum atomic E-state index is 13.1. The topological polar surface area (TPSA) is 0 Å². The molecule has 3 rings (SSSR count). The summed E-state index contributed by atoms with van der Waals surface area (Å²) in [5, 5.41) is 0. The van der Waals surface area contributed by atoms with Gasteiger partial charge in [0.05, 0.1) is 0 Å². The summed E-state index contributed by atoms with van der Waals surface area (Å²) in [6, 6.07) is 2.83. The molecule has 0 aliphatic heterocycles. The van der Waals surface area contributed by atoms with Gasteiger partial charge >= 0.3 is 0 Å². The highest BCUT2D eigenvalue weighted by atomic mass is 19.2. The first-order valence-electron chi connectivity index (χ1n) is 5.24. The van der Waals surface area contributed by atoms with Crippen LogP contribution < -0.4 is 0 Å². The lowest BCUT2D eigenvalue weighted by Crippen LogP contribution is -2.01. The van der Waals surface area contributed by atoms with Crippen molar-refractivity contribution in [1.82, 2.24) is 0 Å². The van der Waals surface area contributed by atoms with E-state index in [-0.39, 0.29) is 0 Å². The van der Waals surface area contributed by atoms with E-state index in [4.69, 9.17) is 0 Å². The zero-order valence-electron chi connectivity index (χ0n) is 7.89. The number of hydrogen-bond donors (Lipinski definition) is 0. The molecule has 0 amide bonds. The molecule has 0 radical (unpaired) electrons. The second-order valence-electron chi connectivity index (χ2n) is 4.46. The summed E-state index contributed by atoms with van der Waals surface area (Å²) in [5.74, 6) is -0.370. The Labute approximate surface area is 81.9 Å². The Morgan fingerprint density at radius 3 is 1.93 bits per heavy atom. The highest BCUT2D eigenvalue weighted by Crippen LogP contribution is 2.50. The van der Waals surface area contributed by atoms with Crippen molar-refractivity contribution in [1.29, 1.82) is 0 Å². The molecule has 2 aliphatic rings. The lowest BCUT2D eigenvalue weighted by molar-refractivity contribution is 0.435. The highest BCUT2D eigenvalue weighted by molar-refractivity contribution is 5.40. The SMILES string of the molecule is Fc1cc2c(cc1F)C1CCCC2C1. The summed E-state index contributed by atoms with van der Waals surface area (Å²) in [7, 11) is 0. The van der Waals surface area contributed by atoms with Crippen molar-refractivity contribution in [3.8, 4) is 0 Å². The van der Waals surface area contributed by atoms with Crippen molar-refractivity contribution in [2.75, 3.05) is 0 Å². The predicted molar refractivity (Wildman–Crippen MR) is 50.3 cm³/mol. The average molecular weight is 194 g/mol. The molecule has 1 aromatic carbocycles. The van der Waals surface area contributed by atoms with E-state index in [1.54, 1.807) is 0 Å². The summed E-state index contributed by atoms with van der Waals surface area (Å²) in [6.45, 7) is 0. The van der Waals surface area contributed by atoms with Crippen molar-refractivity contribution < 1.29 is 8.78 Å². The van der Waals surface area contributed by atoms with Crippen LogP contribution in [0.1, 0.15) is 48.6 Å². The van der Waals surface area contributed by atoms with E-state index in [0.717, 1.165) is 30.4 Å². The van der Waals surface area contributed by atoms with Crippen molar-refractivity contribution in [2.24, 2.45) is 0 Å². The maximum Gasteiger partial charge on any atom is 0.159 e. The van der Waals surface area contributed by atoms with Gasteiger partial charge in [0.1, 0.15) is 0 Å². The smallest absolute Gasteiger partial charge is 0.159 e. The minimum Gasteiger partial charge on any atom is -0.204 e. The van der Waals surface area contributed by atoms with Gasteiger partial charge in [-0.15, -0.1) is 0 Å². The number of rotatable bonds is 0. The van der Waals surface area contributed by atoms with E-state index < -0.39 is 11.6 Å². The fraction of sp³-hybridized carbons (Fsp3) is 0.500. The Kier molecular flexibility index (Phi) is 1.67. The van der Waals surface area contributed by atoms with Crippen LogP contribution in [0.4, 0.5) is 8.78 Å². The maximum absolute atomic E-state index is 13.1. The van der Waals surface area contributed by atoms with Crippen molar-refractivity contribution >= 4 is 0 Å². The van der Waals surface area contributed by atoms with Gasteiger partial charge in [-0.05, 0) is 54.4 Å². The van der Waals surface area contributed by atoms with Gasteiger partial charge < -0.3 is 0 Å². The molecule has 2 bridgehead atoms. The van der Waals surface area contributed by atoms with E-state index in [9.17, 15) is 8.78 Å². The monoisotopic (exact) mass is 194 g/mol. The van der Waals surface area contributed by atoms with Crippen molar-refractivity contribution in [2.45, 2.75) is 37.5 Å². The Hall–Kier alpha value is -0.920. The predicted octanol–water partition coefficient (Wildman–Crippen LogP) is 3.72. The molecular weight excluding hydrogens is 182 g/mol. The molecule has 1 fully saturated rings. The van der Waals surface area contributed by atoms with Gasteiger partial charge in [-0.25, -0.2) is 8.78 Å². The van der Waals surface area contributed by atoms with Crippen molar-refractivity contribution in [3.63, 3.8) is 0 Å². The summed E-state index contributed by atoms with van der Waals surface area (Å²) < 4.78 is 26.1. The summed E-state index contributed by atoms with van der Waals surface area (Å²) >= 11 is 0. The minimum absolute atomic E-state index is 0.499. The molecule has 0 saturated heterocycles. The Morgan fingerprint density at radius 2 is 1.43 bits per heavy atom. The van der Waals surface area contributed by atoms with E-state index in [2.05, 4.69) is 0 Å². The highest BCUT2D eigenvalue weighted by Gasteiger charge is 2.34. The zero-order chi connectivity index (χ0) is 9.71. The van der Waals surface area contributed by atoms with Crippen LogP contribution in [0, 0.1) is 11.6 Å². The molecule has 1 saturated carbocycles. The molecule has 14 heavy (non-hydrogen) atoms. The fourth-order valence-electron chi connectivity index (χ4n) is 3.04. The van der Waals surface area contributed by atoms with E-state index >= 15 is 0 Å². The molecule has 0 N–H and O–H groups in total. The minimum atomic E-state index is -0.684. The standard InChI is InChI=1S/C12H12F2/c13-11-5-9-7-2-1-3-8(4-7)10(9)6-12(11)14/h5-8H,1-4H2. The lowest BCUT2D eigenvalue weighted by atomic mass is 9.87. The second-order valence-corrected chi connectivity index (χ2v) is 4.46. The lowest BCUT2D eigenvalue weighted by Gasteiger charge is -2.18. The molecule has 2 atom stereocenters. The number of hydrogen-bond acceptors (Lipinski definition) is 0. The molecule has 2 heteroatoms. The molecule has 0 aromatic heterocycles. The van der Waals surface area contributed by atoms with Gasteiger partial charge in [0.25, 0.3) is 0 Å². The van der Waals surface area contributed by atoms with Crippen molar-refractivity contribution in [3.05, 3.63) is 34.9 Å².